The minimum atomic E-state index is -0.271. The zero-order valence-electron chi connectivity index (χ0n) is 12.6. The molecule has 0 amide bonds. The summed E-state index contributed by atoms with van der Waals surface area (Å²) in [5, 5.41) is 1.84. The lowest BCUT2D eigenvalue weighted by Crippen LogP contribution is -2.36. The molecule has 1 unspecified atom stereocenters. The first-order valence-electron chi connectivity index (χ1n) is 7.57. The van der Waals surface area contributed by atoms with E-state index < -0.39 is 0 Å². The average Bonchev–Trinajstić information content (AvgIpc) is 3.22. The van der Waals surface area contributed by atoms with Crippen LogP contribution in [0.5, 0.6) is 0 Å². The summed E-state index contributed by atoms with van der Waals surface area (Å²) in [5.41, 5.74) is 8.17. The summed E-state index contributed by atoms with van der Waals surface area (Å²) in [6.07, 6.45) is 2.38. The largest absolute Gasteiger partial charge is 0.462 e. The topological polar surface area (TPSA) is 55.6 Å². The lowest BCUT2D eigenvalue weighted by atomic mass is 10.1. The fourth-order valence-corrected chi connectivity index (χ4v) is 5.05. The van der Waals surface area contributed by atoms with Crippen LogP contribution in [-0.2, 0) is 4.74 Å². The van der Waals surface area contributed by atoms with Crippen molar-refractivity contribution in [3.8, 4) is 0 Å². The summed E-state index contributed by atoms with van der Waals surface area (Å²) in [4.78, 5) is 15.1. The predicted molar refractivity (Wildman–Crippen MR) is 90.8 cm³/mol. The number of anilines is 2. The highest BCUT2D eigenvalue weighted by molar-refractivity contribution is 8.00. The molecular formula is C15H22N2O2S2. The molecule has 0 bridgehead atoms. The lowest BCUT2D eigenvalue weighted by Gasteiger charge is -2.32. The monoisotopic (exact) mass is 326 g/mol. The molecule has 2 aliphatic rings. The van der Waals surface area contributed by atoms with Crippen LogP contribution in [0.1, 0.15) is 47.8 Å². The van der Waals surface area contributed by atoms with Gasteiger partial charge in [0.1, 0.15) is 4.88 Å². The molecule has 2 N–H and O–H groups in total. The number of thioether (sulfide) groups is 1. The molecule has 1 aromatic rings. The molecule has 2 fully saturated rings. The molecule has 1 aliphatic carbocycles. The first-order valence-corrected chi connectivity index (χ1v) is 9.44. The van der Waals surface area contributed by atoms with Gasteiger partial charge in [-0.05, 0) is 25.7 Å². The van der Waals surface area contributed by atoms with Crippen LogP contribution in [0.25, 0.3) is 0 Å². The molecular weight excluding hydrogens is 304 g/mol. The highest BCUT2D eigenvalue weighted by Crippen LogP contribution is 2.52. The van der Waals surface area contributed by atoms with E-state index in [1.807, 2.05) is 18.7 Å². The van der Waals surface area contributed by atoms with Crippen molar-refractivity contribution in [3.63, 3.8) is 0 Å². The van der Waals surface area contributed by atoms with E-state index in [-0.39, 0.29) is 5.97 Å². The zero-order valence-corrected chi connectivity index (χ0v) is 14.2. The van der Waals surface area contributed by atoms with Crippen molar-refractivity contribution in [1.29, 1.82) is 0 Å². The van der Waals surface area contributed by atoms with Gasteiger partial charge < -0.3 is 15.4 Å². The number of ether oxygens (including phenoxy) is 1. The Morgan fingerprint density at radius 3 is 2.86 bits per heavy atom. The Balaban J connectivity index is 1.94. The maximum atomic E-state index is 12.1. The van der Waals surface area contributed by atoms with Gasteiger partial charge in [0, 0.05) is 29.7 Å². The van der Waals surface area contributed by atoms with Crippen molar-refractivity contribution in [1.82, 2.24) is 0 Å². The molecule has 3 rings (SSSR count). The van der Waals surface area contributed by atoms with Crippen LogP contribution < -0.4 is 10.6 Å². The highest BCUT2D eigenvalue weighted by atomic mass is 32.2. The Labute approximate surface area is 134 Å². The van der Waals surface area contributed by atoms with Gasteiger partial charge in [0.05, 0.1) is 17.3 Å². The van der Waals surface area contributed by atoms with Gasteiger partial charge in [-0.1, -0.05) is 6.92 Å². The average molecular weight is 326 g/mol. The zero-order chi connectivity index (χ0) is 15.0. The molecule has 0 spiro atoms. The quantitative estimate of drug-likeness (QED) is 0.860. The van der Waals surface area contributed by atoms with Gasteiger partial charge >= 0.3 is 5.97 Å². The second-order valence-corrected chi connectivity index (χ2v) is 8.23. The Hall–Kier alpha value is -0.880. The van der Waals surface area contributed by atoms with E-state index in [1.165, 1.54) is 34.7 Å². The molecule has 2 heterocycles. The van der Waals surface area contributed by atoms with Crippen molar-refractivity contribution >= 4 is 39.8 Å². The summed E-state index contributed by atoms with van der Waals surface area (Å²) in [6.45, 7) is 6.55. The number of nitrogens with zero attached hydrogens (tertiary/aromatic N) is 1. The second-order valence-electron chi connectivity index (χ2n) is 5.69. The smallest absolute Gasteiger partial charge is 0.350 e. The van der Waals surface area contributed by atoms with Crippen LogP contribution in [0.15, 0.2) is 0 Å². The van der Waals surface area contributed by atoms with Crippen LogP contribution in [0.2, 0.25) is 0 Å². The molecule has 1 aromatic heterocycles. The molecule has 0 aromatic carbocycles. The standard InChI is InChI=1S/C15H22N2O2S2/c1-3-19-15(18)13-12(16)11(10-4-5-10)14(21-13)17-6-7-20-9(2)8-17/h9-10H,3-8,16H2,1-2H3. The summed E-state index contributed by atoms with van der Waals surface area (Å²) < 4.78 is 5.15. The van der Waals surface area contributed by atoms with Gasteiger partial charge in [0.25, 0.3) is 0 Å². The van der Waals surface area contributed by atoms with Crippen LogP contribution in [0.4, 0.5) is 10.7 Å². The van der Waals surface area contributed by atoms with Gasteiger partial charge in [-0.15, -0.1) is 11.3 Å². The lowest BCUT2D eigenvalue weighted by molar-refractivity contribution is 0.0533. The number of hydrogen-bond acceptors (Lipinski definition) is 6. The van der Waals surface area contributed by atoms with Crippen molar-refractivity contribution in [2.24, 2.45) is 0 Å². The van der Waals surface area contributed by atoms with Crippen LogP contribution in [-0.4, -0.2) is 36.7 Å². The molecule has 4 nitrogen and oxygen atoms in total. The van der Waals surface area contributed by atoms with E-state index in [4.69, 9.17) is 10.5 Å². The minimum Gasteiger partial charge on any atom is -0.462 e. The Kier molecular flexibility index (Phi) is 4.36. The van der Waals surface area contributed by atoms with Crippen molar-refractivity contribution in [2.75, 3.05) is 36.1 Å². The highest BCUT2D eigenvalue weighted by Gasteiger charge is 2.35. The maximum Gasteiger partial charge on any atom is 0.350 e. The number of thiophene rings is 1. The Bertz CT molecular complexity index is 540. The number of rotatable bonds is 4. The summed E-state index contributed by atoms with van der Waals surface area (Å²) in [6, 6.07) is 0. The fourth-order valence-electron chi connectivity index (χ4n) is 2.80. The fraction of sp³-hybridized carbons (Fsp3) is 0.667. The molecule has 116 valence electrons. The summed E-state index contributed by atoms with van der Waals surface area (Å²) in [7, 11) is 0. The van der Waals surface area contributed by atoms with E-state index >= 15 is 0 Å². The molecule has 21 heavy (non-hydrogen) atoms. The third-order valence-corrected chi connectivity index (χ3v) is 6.34. The van der Waals surface area contributed by atoms with Gasteiger partial charge in [-0.25, -0.2) is 4.79 Å². The van der Waals surface area contributed by atoms with E-state index in [0.29, 0.717) is 28.3 Å². The number of carbonyl (C=O) groups excluding carboxylic acids is 1. The van der Waals surface area contributed by atoms with Crippen LogP contribution in [0, 0.1) is 0 Å². The molecule has 1 saturated carbocycles. The van der Waals surface area contributed by atoms with E-state index in [0.717, 1.165) is 18.8 Å². The summed E-state index contributed by atoms with van der Waals surface area (Å²) >= 11 is 3.54. The van der Waals surface area contributed by atoms with Crippen molar-refractivity contribution in [3.05, 3.63) is 10.4 Å². The number of nitrogens with two attached hydrogens (primary N) is 1. The summed E-state index contributed by atoms with van der Waals surface area (Å²) in [5.74, 6) is 1.41. The Morgan fingerprint density at radius 2 is 2.24 bits per heavy atom. The molecule has 0 radical (unpaired) electrons. The minimum absolute atomic E-state index is 0.271. The molecule has 1 aliphatic heterocycles. The second kappa shape index (κ2) is 6.08. The van der Waals surface area contributed by atoms with E-state index in [1.54, 1.807) is 0 Å². The maximum absolute atomic E-state index is 12.1. The first kappa shape index (κ1) is 15.0. The molecule has 1 saturated heterocycles. The third kappa shape index (κ3) is 3.01. The van der Waals surface area contributed by atoms with E-state index in [2.05, 4.69) is 11.8 Å². The van der Waals surface area contributed by atoms with Crippen molar-refractivity contribution in [2.45, 2.75) is 37.9 Å². The van der Waals surface area contributed by atoms with Gasteiger partial charge in [0.15, 0.2) is 0 Å². The van der Waals surface area contributed by atoms with Gasteiger partial charge in [0.2, 0.25) is 0 Å². The number of nitrogen functional groups attached to an aromatic ring is 1. The number of esters is 1. The SMILES string of the molecule is CCOC(=O)c1sc(N2CCSC(C)C2)c(C2CC2)c1N. The number of carbonyl (C=O) groups is 1. The van der Waals surface area contributed by atoms with Gasteiger partial charge in [-0.2, -0.15) is 11.8 Å². The molecule has 6 heteroatoms. The number of hydrogen-bond donors (Lipinski definition) is 1. The van der Waals surface area contributed by atoms with Crippen LogP contribution >= 0.6 is 23.1 Å². The Morgan fingerprint density at radius 1 is 1.48 bits per heavy atom. The molecule has 1 atom stereocenters. The van der Waals surface area contributed by atoms with E-state index in [9.17, 15) is 4.79 Å². The van der Waals surface area contributed by atoms with Gasteiger partial charge in [-0.3, -0.25) is 0 Å². The predicted octanol–water partition coefficient (Wildman–Crippen LogP) is 3.33. The first-order chi connectivity index (χ1) is 10.1. The van der Waals surface area contributed by atoms with Crippen LogP contribution in [0.3, 0.4) is 0 Å². The third-order valence-electron chi connectivity index (χ3n) is 3.94. The normalized spacial score (nSPS) is 22.4. The van der Waals surface area contributed by atoms with Crippen molar-refractivity contribution < 1.29 is 9.53 Å².